The minimum Gasteiger partial charge on any atom is -0.379 e. The lowest BCUT2D eigenvalue weighted by molar-refractivity contribution is -0.121. The molecule has 1 unspecified atom stereocenters. The lowest BCUT2D eigenvalue weighted by Crippen LogP contribution is -2.47. The van der Waals surface area contributed by atoms with Crippen LogP contribution in [0.25, 0.3) is 0 Å². The molecule has 0 saturated carbocycles. The molecule has 0 aliphatic heterocycles. The van der Waals surface area contributed by atoms with Crippen LogP contribution in [-0.2, 0) is 9.53 Å². The highest BCUT2D eigenvalue weighted by Crippen LogP contribution is 1.99. The maximum absolute atomic E-state index is 11.0. The molecule has 0 heterocycles. The number of carbonyl (C=O) groups excluding carboxylic acids is 1. The van der Waals surface area contributed by atoms with Crippen LogP contribution in [0.3, 0.4) is 0 Å². The number of nitrogens with two attached hydrogens (primary N) is 1. The van der Waals surface area contributed by atoms with Crippen LogP contribution in [0.5, 0.6) is 0 Å². The number of ether oxygens (including phenoxy) is 1. The van der Waals surface area contributed by atoms with E-state index in [1.807, 2.05) is 13.8 Å². The fourth-order valence-corrected chi connectivity index (χ4v) is 1.13. The second kappa shape index (κ2) is 7.65. The molecule has 0 fully saturated rings. The largest absolute Gasteiger partial charge is 0.379 e. The Hall–Kier alpha value is -0.610. The zero-order valence-corrected chi connectivity index (χ0v) is 10.2. The Morgan fingerprint density at radius 3 is 2.33 bits per heavy atom. The zero-order chi connectivity index (χ0) is 11.8. The molecule has 0 aromatic rings. The van der Waals surface area contributed by atoms with E-state index in [-0.39, 0.29) is 18.0 Å². The first-order valence-electron chi connectivity index (χ1n) is 5.56. The third-order valence-electron chi connectivity index (χ3n) is 2.00. The highest BCUT2D eigenvalue weighted by Gasteiger charge is 2.15. The van der Waals surface area contributed by atoms with Crippen molar-refractivity contribution in [3.05, 3.63) is 0 Å². The first-order chi connectivity index (χ1) is 6.93. The van der Waals surface area contributed by atoms with Gasteiger partial charge in [-0.05, 0) is 12.3 Å². The third-order valence-corrected chi connectivity index (χ3v) is 2.00. The summed E-state index contributed by atoms with van der Waals surface area (Å²) in [7, 11) is 0. The maximum Gasteiger partial charge on any atom is 0.236 e. The monoisotopic (exact) mass is 216 g/mol. The number of nitrogens with one attached hydrogen (secondary N) is 1. The van der Waals surface area contributed by atoms with Crippen molar-refractivity contribution < 1.29 is 9.53 Å². The van der Waals surface area contributed by atoms with Crippen molar-refractivity contribution in [2.75, 3.05) is 13.2 Å². The summed E-state index contributed by atoms with van der Waals surface area (Å²) in [6.45, 7) is 9.28. The smallest absolute Gasteiger partial charge is 0.236 e. The van der Waals surface area contributed by atoms with Crippen molar-refractivity contribution in [2.45, 2.75) is 46.2 Å². The van der Waals surface area contributed by atoms with Gasteiger partial charge in [0, 0.05) is 12.6 Å². The van der Waals surface area contributed by atoms with Crippen LogP contribution in [0.1, 0.15) is 34.1 Å². The van der Waals surface area contributed by atoms with E-state index >= 15 is 0 Å². The van der Waals surface area contributed by atoms with E-state index in [0.29, 0.717) is 19.1 Å². The molecule has 0 radical (unpaired) electrons. The summed E-state index contributed by atoms with van der Waals surface area (Å²) in [5.74, 6) is 0.267. The van der Waals surface area contributed by atoms with E-state index in [1.165, 1.54) is 0 Å². The van der Waals surface area contributed by atoms with Crippen molar-refractivity contribution in [1.82, 2.24) is 5.32 Å². The van der Waals surface area contributed by atoms with Gasteiger partial charge >= 0.3 is 0 Å². The SMILES string of the molecule is CC(C)CCOCC(NC(C)C)C(N)=O. The Kier molecular flexibility index (Phi) is 7.34. The van der Waals surface area contributed by atoms with Crippen molar-refractivity contribution in [3.63, 3.8) is 0 Å². The molecule has 0 saturated heterocycles. The molecule has 3 N–H and O–H groups in total. The van der Waals surface area contributed by atoms with Gasteiger partial charge in [-0.3, -0.25) is 4.79 Å². The molecule has 0 spiro atoms. The van der Waals surface area contributed by atoms with Gasteiger partial charge in [0.15, 0.2) is 0 Å². The molecule has 0 aromatic heterocycles. The van der Waals surface area contributed by atoms with E-state index in [0.717, 1.165) is 6.42 Å². The van der Waals surface area contributed by atoms with E-state index < -0.39 is 0 Å². The number of rotatable bonds is 8. The molecule has 0 rings (SSSR count). The van der Waals surface area contributed by atoms with Crippen LogP contribution in [0, 0.1) is 5.92 Å². The van der Waals surface area contributed by atoms with Crippen molar-refractivity contribution in [1.29, 1.82) is 0 Å². The molecular weight excluding hydrogens is 192 g/mol. The highest BCUT2D eigenvalue weighted by atomic mass is 16.5. The van der Waals surface area contributed by atoms with Gasteiger partial charge in [0.1, 0.15) is 6.04 Å². The molecule has 90 valence electrons. The van der Waals surface area contributed by atoms with Crippen LogP contribution in [0.15, 0.2) is 0 Å². The second-order valence-electron chi connectivity index (χ2n) is 4.53. The summed E-state index contributed by atoms with van der Waals surface area (Å²) >= 11 is 0. The maximum atomic E-state index is 11.0. The second-order valence-corrected chi connectivity index (χ2v) is 4.53. The van der Waals surface area contributed by atoms with Crippen LogP contribution in [0.4, 0.5) is 0 Å². The van der Waals surface area contributed by atoms with Gasteiger partial charge in [-0.1, -0.05) is 27.7 Å². The Morgan fingerprint density at radius 2 is 1.93 bits per heavy atom. The highest BCUT2D eigenvalue weighted by molar-refractivity contribution is 5.80. The topological polar surface area (TPSA) is 64.3 Å². The van der Waals surface area contributed by atoms with Gasteiger partial charge in [0.05, 0.1) is 6.61 Å². The number of primary amides is 1. The van der Waals surface area contributed by atoms with E-state index in [1.54, 1.807) is 0 Å². The van der Waals surface area contributed by atoms with Crippen molar-refractivity contribution in [3.8, 4) is 0 Å². The minimum atomic E-state index is -0.378. The summed E-state index contributed by atoms with van der Waals surface area (Å²) < 4.78 is 5.41. The molecule has 15 heavy (non-hydrogen) atoms. The van der Waals surface area contributed by atoms with Gasteiger partial charge in [-0.25, -0.2) is 0 Å². The molecule has 0 aromatic carbocycles. The molecule has 1 atom stereocenters. The number of hydrogen-bond acceptors (Lipinski definition) is 3. The van der Waals surface area contributed by atoms with Gasteiger partial charge in [0.25, 0.3) is 0 Å². The fourth-order valence-electron chi connectivity index (χ4n) is 1.13. The number of carbonyl (C=O) groups is 1. The number of amides is 1. The zero-order valence-electron chi connectivity index (χ0n) is 10.2. The van der Waals surface area contributed by atoms with Crippen LogP contribution < -0.4 is 11.1 Å². The lowest BCUT2D eigenvalue weighted by Gasteiger charge is -2.18. The number of hydrogen-bond donors (Lipinski definition) is 2. The van der Waals surface area contributed by atoms with Crippen LogP contribution in [0.2, 0.25) is 0 Å². The van der Waals surface area contributed by atoms with Crippen molar-refractivity contribution in [2.24, 2.45) is 11.7 Å². The first kappa shape index (κ1) is 14.4. The Morgan fingerprint density at radius 1 is 1.33 bits per heavy atom. The molecule has 4 heteroatoms. The van der Waals surface area contributed by atoms with E-state index in [4.69, 9.17) is 10.5 Å². The Balaban J connectivity index is 3.72. The normalized spacial score (nSPS) is 13.5. The predicted octanol–water partition coefficient (Wildman–Crippen LogP) is 0.901. The predicted molar refractivity (Wildman–Crippen MR) is 61.5 cm³/mol. The van der Waals surface area contributed by atoms with Crippen LogP contribution >= 0.6 is 0 Å². The van der Waals surface area contributed by atoms with Gasteiger partial charge < -0.3 is 15.8 Å². The summed E-state index contributed by atoms with van der Waals surface area (Å²) in [5.41, 5.74) is 5.25. The third kappa shape index (κ3) is 8.39. The molecular formula is C11H24N2O2. The van der Waals surface area contributed by atoms with Crippen molar-refractivity contribution >= 4 is 5.91 Å². The van der Waals surface area contributed by atoms with E-state index in [2.05, 4.69) is 19.2 Å². The lowest BCUT2D eigenvalue weighted by atomic mass is 10.1. The van der Waals surface area contributed by atoms with Gasteiger partial charge in [0.2, 0.25) is 5.91 Å². The van der Waals surface area contributed by atoms with Gasteiger partial charge in [-0.15, -0.1) is 0 Å². The summed E-state index contributed by atoms with van der Waals surface area (Å²) in [6, 6.07) is -0.145. The first-order valence-corrected chi connectivity index (χ1v) is 5.56. The van der Waals surface area contributed by atoms with Crippen LogP contribution in [-0.4, -0.2) is 31.2 Å². The average Bonchev–Trinajstić information content (AvgIpc) is 2.08. The van der Waals surface area contributed by atoms with E-state index in [9.17, 15) is 4.79 Å². The molecule has 0 aliphatic carbocycles. The molecule has 0 bridgehead atoms. The molecule has 1 amide bonds. The minimum absolute atomic E-state index is 0.233. The van der Waals surface area contributed by atoms with Gasteiger partial charge in [-0.2, -0.15) is 0 Å². The molecule has 0 aliphatic rings. The summed E-state index contributed by atoms with van der Waals surface area (Å²) in [4.78, 5) is 11.0. The summed E-state index contributed by atoms with van der Waals surface area (Å²) in [5, 5.41) is 3.07. The molecule has 4 nitrogen and oxygen atoms in total. The standard InChI is InChI=1S/C11H24N2O2/c1-8(2)5-6-15-7-10(11(12)14)13-9(3)4/h8-10,13H,5-7H2,1-4H3,(H2,12,14). The average molecular weight is 216 g/mol. The Labute approximate surface area is 92.6 Å². The Bertz CT molecular complexity index is 181. The fraction of sp³-hybridized carbons (Fsp3) is 0.909. The summed E-state index contributed by atoms with van der Waals surface area (Å²) in [6.07, 6.45) is 1.01. The quantitative estimate of drug-likeness (QED) is 0.593.